The number of rotatable bonds is 5. The summed E-state index contributed by atoms with van der Waals surface area (Å²) >= 11 is 7.81. The first kappa shape index (κ1) is 13.2. The Kier molecular flexibility index (Phi) is 4.85. The topological polar surface area (TPSA) is 52.0 Å². The van der Waals surface area contributed by atoms with Gasteiger partial charge in [-0.05, 0) is 29.0 Å². The predicted octanol–water partition coefficient (Wildman–Crippen LogP) is 1.97. The van der Waals surface area contributed by atoms with Crippen molar-refractivity contribution >= 4 is 44.0 Å². The standard InChI is InChI=1S/C8H12ClIN2O2S/c1-2-4-15(13,14)5-3-12-6-7(9)8(10)11-12/h6H,2-5H2,1H3. The summed E-state index contributed by atoms with van der Waals surface area (Å²) in [7, 11) is -2.94. The monoisotopic (exact) mass is 362 g/mol. The number of halogens is 2. The van der Waals surface area contributed by atoms with Crippen molar-refractivity contribution in [3.63, 3.8) is 0 Å². The number of nitrogens with zero attached hydrogens (tertiary/aromatic N) is 2. The van der Waals surface area contributed by atoms with E-state index in [2.05, 4.69) is 5.10 Å². The minimum Gasteiger partial charge on any atom is -0.269 e. The molecule has 0 aromatic carbocycles. The number of aryl methyl sites for hydroxylation is 1. The van der Waals surface area contributed by atoms with Crippen LogP contribution in [-0.4, -0.2) is 29.7 Å². The lowest BCUT2D eigenvalue weighted by atomic mass is 10.6. The van der Waals surface area contributed by atoms with E-state index in [0.717, 1.165) is 0 Å². The van der Waals surface area contributed by atoms with E-state index in [9.17, 15) is 8.42 Å². The number of sulfone groups is 1. The molecule has 15 heavy (non-hydrogen) atoms. The largest absolute Gasteiger partial charge is 0.269 e. The molecule has 0 bridgehead atoms. The fraction of sp³-hybridized carbons (Fsp3) is 0.625. The lowest BCUT2D eigenvalue weighted by Crippen LogP contribution is -2.16. The second-order valence-electron chi connectivity index (χ2n) is 3.18. The average Bonchev–Trinajstić information content (AvgIpc) is 2.44. The lowest BCUT2D eigenvalue weighted by molar-refractivity contribution is 0.579. The van der Waals surface area contributed by atoms with Gasteiger partial charge in [-0.1, -0.05) is 18.5 Å². The molecule has 0 unspecified atom stereocenters. The summed E-state index contributed by atoms with van der Waals surface area (Å²) in [5.41, 5.74) is 0. The van der Waals surface area contributed by atoms with Crippen molar-refractivity contribution in [2.75, 3.05) is 11.5 Å². The molecule has 0 radical (unpaired) electrons. The molecule has 0 fully saturated rings. The Morgan fingerprint density at radius 1 is 1.53 bits per heavy atom. The van der Waals surface area contributed by atoms with Crippen LogP contribution in [0.5, 0.6) is 0 Å². The second kappa shape index (κ2) is 5.49. The molecule has 0 aliphatic carbocycles. The lowest BCUT2D eigenvalue weighted by Gasteiger charge is -2.02. The number of aromatic nitrogens is 2. The fourth-order valence-corrected chi connectivity index (χ4v) is 2.99. The summed E-state index contributed by atoms with van der Waals surface area (Å²) in [5.74, 6) is 0.355. The van der Waals surface area contributed by atoms with Gasteiger partial charge in [0.25, 0.3) is 0 Å². The fourth-order valence-electron chi connectivity index (χ4n) is 1.13. The molecule has 0 N–H and O–H groups in total. The SMILES string of the molecule is CCCS(=O)(=O)CCn1cc(Cl)c(I)n1. The highest BCUT2D eigenvalue weighted by atomic mass is 127. The molecular weight excluding hydrogens is 351 g/mol. The van der Waals surface area contributed by atoms with Gasteiger partial charge in [-0.25, -0.2) is 8.42 Å². The summed E-state index contributed by atoms with van der Waals surface area (Å²) in [4.78, 5) is 0. The van der Waals surface area contributed by atoms with E-state index in [1.54, 1.807) is 10.9 Å². The zero-order chi connectivity index (χ0) is 11.5. The van der Waals surface area contributed by atoms with Crippen molar-refractivity contribution in [2.24, 2.45) is 0 Å². The van der Waals surface area contributed by atoms with Gasteiger partial charge in [0.15, 0.2) is 9.84 Å². The third-order valence-corrected chi connectivity index (χ3v) is 5.05. The van der Waals surface area contributed by atoms with Gasteiger partial charge in [0.2, 0.25) is 0 Å². The van der Waals surface area contributed by atoms with Crippen molar-refractivity contribution in [1.29, 1.82) is 0 Å². The van der Waals surface area contributed by atoms with E-state index in [0.29, 0.717) is 21.7 Å². The summed E-state index contributed by atoms with van der Waals surface area (Å²) in [6, 6.07) is 0. The smallest absolute Gasteiger partial charge is 0.152 e. The maximum Gasteiger partial charge on any atom is 0.152 e. The molecule has 1 aromatic rings. The van der Waals surface area contributed by atoms with Gasteiger partial charge in [0.05, 0.1) is 17.3 Å². The molecule has 7 heteroatoms. The van der Waals surface area contributed by atoms with E-state index < -0.39 is 9.84 Å². The Bertz CT molecular complexity index is 410. The molecule has 0 aliphatic heterocycles. The van der Waals surface area contributed by atoms with Crippen molar-refractivity contribution in [3.8, 4) is 0 Å². The van der Waals surface area contributed by atoms with Crippen LogP contribution in [0.3, 0.4) is 0 Å². The summed E-state index contributed by atoms with van der Waals surface area (Å²) in [5, 5.41) is 4.64. The first-order valence-corrected chi connectivity index (χ1v) is 7.81. The highest BCUT2D eigenvalue weighted by molar-refractivity contribution is 14.1. The molecule has 0 amide bonds. The van der Waals surface area contributed by atoms with Gasteiger partial charge in [0.1, 0.15) is 3.70 Å². The Morgan fingerprint density at radius 2 is 2.20 bits per heavy atom. The summed E-state index contributed by atoms with van der Waals surface area (Å²) < 4.78 is 25.1. The molecule has 0 saturated carbocycles. The van der Waals surface area contributed by atoms with Crippen LogP contribution in [0, 0.1) is 3.70 Å². The Hall–Kier alpha value is 0.180. The zero-order valence-corrected chi connectivity index (χ0v) is 12.0. The minimum atomic E-state index is -2.94. The second-order valence-corrected chi connectivity index (χ2v) is 6.92. The van der Waals surface area contributed by atoms with E-state index in [4.69, 9.17) is 11.6 Å². The summed E-state index contributed by atoms with van der Waals surface area (Å²) in [6.07, 6.45) is 2.30. The van der Waals surface area contributed by atoms with Crippen LogP contribution in [-0.2, 0) is 16.4 Å². The highest BCUT2D eigenvalue weighted by Crippen LogP contribution is 2.15. The third kappa shape index (κ3) is 4.28. The summed E-state index contributed by atoms with van der Waals surface area (Å²) in [6.45, 7) is 2.22. The van der Waals surface area contributed by atoms with E-state index in [-0.39, 0.29) is 11.5 Å². The van der Waals surface area contributed by atoms with Crippen LogP contribution in [0.4, 0.5) is 0 Å². The molecule has 0 spiro atoms. The van der Waals surface area contributed by atoms with Crippen molar-refractivity contribution in [2.45, 2.75) is 19.9 Å². The van der Waals surface area contributed by atoms with Crippen LogP contribution in [0.1, 0.15) is 13.3 Å². The Labute approximate surface area is 108 Å². The predicted molar refractivity (Wildman–Crippen MR) is 68.9 cm³/mol. The molecule has 1 rings (SSSR count). The normalized spacial score (nSPS) is 11.9. The van der Waals surface area contributed by atoms with Crippen molar-refractivity contribution in [3.05, 3.63) is 14.9 Å². The van der Waals surface area contributed by atoms with Gasteiger partial charge in [0, 0.05) is 11.9 Å². The molecule has 1 heterocycles. The van der Waals surface area contributed by atoms with Gasteiger partial charge in [-0.3, -0.25) is 4.68 Å². The van der Waals surface area contributed by atoms with Gasteiger partial charge < -0.3 is 0 Å². The van der Waals surface area contributed by atoms with Crippen LogP contribution in [0.2, 0.25) is 5.02 Å². The minimum absolute atomic E-state index is 0.120. The third-order valence-electron chi connectivity index (χ3n) is 1.82. The van der Waals surface area contributed by atoms with Gasteiger partial charge in [-0.15, -0.1) is 0 Å². The molecule has 86 valence electrons. The first-order chi connectivity index (χ1) is 6.94. The van der Waals surface area contributed by atoms with E-state index >= 15 is 0 Å². The molecule has 0 atom stereocenters. The molecule has 0 saturated heterocycles. The molecule has 1 aromatic heterocycles. The zero-order valence-electron chi connectivity index (χ0n) is 8.28. The average molecular weight is 363 g/mol. The molecular formula is C8H12ClIN2O2S. The number of hydrogen-bond donors (Lipinski definition) is 0. The van der Waals surface area contributed by atoms with Crippen LogP contribution in [0.25, 0.3) is 0 Å². The van der Waals surface area contributed by atoms with Gasteiger partial charge in [-0.2, -0.15) is 5.10 Å². The molecule has 0 aliphatic rings. The first-order valence-electron chi connectivity index (χ1n) is 4.53. The maximum absolute atomic E-state index is 11.4. The van der Waals surface area contributed by atoms with Crippen LogP contribution >= 0.6 is 34.2 Å². The van der Waals surface area contributed by atoms with Crippen LogP contribution < -0.4 is 0 Å². The number of hydrogen-bond acceptors (Lipinski definition) is 3. The Morgan fingerprint density at radius 3 is 2.67 bits per heavy atom. The van der Waals surface area contributed by atoms with Crippen molar-refractivity contribution < 1.29 is 8.42 Å². The van der Waals surface area contributed by atoms with Crippen LogP contribution in [0.15, 0.2) is 6.20 Å². The van der Waals surface area contributed by atoms with E-state index in [1.807, 2.05) is 29.5 Å². The maximum atomic E-state index is 11.4. The highest BCUT2D eigenvalue weighted by Gasteiger charge is 2.10. The quantitative estimate of drug-likeness (QED) is 0.753. The molecule has 4 nitrogen and oxygen atoms in total. The Balaban J connectivity index is 2.57. The van der Waals surface area contributed by atoms with Gasteiger partial charge >= 0.3 is 0 Å². The van der Waals surface area contributed by atoms with Crippen molar-refractivity contribution in [1.82, 2.24) is 9.78 Å². The van der Waals surface area contributed by atoms with E-state index in [1.165, 1.54) is 0 Å².